The van der Waals surface area contributed by atoms with E-state index in [0.29, 0.717) is 12.3 Å². The van der Waals surface area contributed by atoms with E-state index >= 15 is 0 Å². The zero-order chi connectivity index (χ0) is 14.4. The molecule has 1 aromatic rings. The molecule has 1 heterocycles. The lowest BCUT2D eigenvalue weighted by atomic mass is 10.1. The Balaban J connectivity index is 1.80. The zero-order valence-corrected chi connectivity index (χ0v) is 11.1. The summed E-state index contributed by atoms with van der Waals surface area (Å²) in [6.45, 7) is 1.09. The SMILES string of the molecule is NC(=O)c1ccccc1NC(=O)COCC1CCCO1. The molecule has 1 aliphatic rings. The Morgan fingerprint density at radius 3 is 2.90 bits per heavy atom. The fraction of sp³-hybridized carbons (Fsp3) is 0.429. The number of rotatable bonds is 6. The van der Waals surface area contributed by atoms with Crippen molar-refractivity contribution in [1.82, 2.24) is 0 Å². The summed E-state index contributed by atoms with van der Waals surface area (Å²) in [6, 6.07) is 6.59. The number of anilines is 1. The molecule has 1 atom stereocenters. The zero-order valence-electron chi connectivity index (χ0n) is 11.1. The number of primary amides is 1. The second-order valence-corrected chi connectivity index (χ2v) is 4.61. The molecule has 1 aromatic carbocycles. The molecule has 6 nitrogen and oxygen atoms in total. The summed E-state index contributed by atoms with van der Waals surface area (Å²) in [4.78, 5) is 22.9. The van der Waals surface area contributed by atoms with Gasteiger partial charge in [-0.1, -0.05) is 12.1 Å². The van der Waals surface area contributed by atoms with Crippen molar-refractivity contribution in [3.05, 3.63) is 29.8 Å². The van der Waals surface area contributed by atoms with Crippen molar-refractivity contribution >= 4 is 17.5 Å². The first kappa shape index (κ1) is 14.5. The maximum absolute atomic E-state index is 11.7. The summed E-state index contributed by atoms with van der Waals surface area (Å²) in [5.41, 5.74) is 5.91. The van der Waals surface area contributed by atoms with Crippen molar-refractivity contribution in [2.75, 3.05) is 25.1 Å². The Labute approximate surface area is 117 Å². The van der Waals surface area contributed by atoms with Gasteiger partial charge in [-0.15, -0.1) is 0 Å². The highest BCUT2D eigenvalue weighted by molar-refractivity contribution is 6.03. The van der Waals surface area contributed by atoms with E-state index in [9.17, 15) is 9.59 Å². The third-order valence-corrected chi connectivity index (χ3v) is 3.03. The topological polar surface area (TPSA) is 90.7 Å². The molecule has 3 N–H and O–H groups in total. The fourth-order valence-electron chi connectivity index (χ4n) is 2.05. The van der Waals surface area contributed by atoms with Gasteiger partial charge in [0.25, 0.3) is 5.91 Å². The van der Waals surface area contributed by atoms with Gasteiger partial charge in [-0.25, -0.2) is 0 Å². The second kappa shape index (κ2) is 7.02. The first-order valence-corrected chi connectivity index (χ1v) is 6.55. The highest BCUT2D eigenvalue weighted by Gasteiger charge is 2.16. The van der Waals surface area contributed by atoms with E-state index in [1.165, 1.54) is 0 Å². The van der Waals surface area contributed by atoms with E-state index in [4.69, 9.17) is 15.2 Å². The summed E-state index contributed by atoms with van der Waals surface area (Å²) in [6.07, 6.45) is 2.08. The number of benzene rings is 1. The van der Waals surface area contributed by atoms with Crippen molar-refractivity contribution in [2.24, 2.45) is 5.73 Å². The van der Waals surface area contributed by atoms with Gasteiger partial charge in [-0.3, -0.25) is 9.59 Å². The molecule has 1 saturated heterocycles. The summed E-state index contributed by atoms with van der Waals surface area (Å²) < 4.78 is 10.7. The van der Waals surface area contributed by atoms with Crippen LogP contribution in [0.5, 0.6) is 0 Å². The number of amides is 2. The Morgan fingerprint density at radius 2 is 2.20 bits per heavy atom. The average molecular weight is 278 g/mol. The van der Waals surface area contributed by atoms with Gasteiger partial charge in [0.1, 0.15) is 6.61 Å². The van der Waals surface area contributed by atoms with Gasteiger partial charge in [0, 0.05) is 6.61 Å². The van der Waals surface area contributed by atoms with Crippen LogP contribution in [-0.4, -0.2) is 37.7 Å². The minimum Gasteiger partial charge on any atom is -0.376 e. The molecule has 1 aliphatic heterocycles. The number of ether oxygens (including phenoxy) is 2. The third kappa shape index (κ3) is 4.04. The lowest BCUT2D eigenvalue weighted by Crippen LogP contribution is -2.24. The summed E-state index contributed by atoms with van der Waals surface area (Å²) in [5.74, 6) is -0.905. The molecule has 2 rings (SSSR count). The Bertz CT molecular complexity index is 484. The van der Waals surface area contributed by atoms with Gasteiger partial charge >= 0.3 is 0 Å². The molecule has 0 aromatic heterocycles. The van der Waals surface area contributed by atoms with E-state index in [-0.39, 0.29) is 24.2 Å². The van der Waals surface area contributed by atoms with Crippen LogP contribution in [0.25, 0.3) is 0 Å². The van der Waals surface area contributed by atoms with Crippen LogP contribution in [-0.2, 0) is 14.3 Å². The van der Waals surface area contributed by atoms with E-state index in [0.717, 1.165) is 19.4 Å². The van der Waals surface area contributed by atoms with Crippen molar-refractivity contribution in [3.63, 3.8) is 0 Å². The van der Waals surface area contributed by atoms with Crippen LogP contribution in [0, 0.1) is 0 Å². The number of nitrogens with one attached hydrogen (secondary N) is 1. The standard InChI is InChI=1S/C14H18N2O4/c15-14(18)11-5-1-2-6-12(11)16-13(17)9-19-8-10-4-3-7-20-10/h1-2,5-6,10H,3-4,7-9H2,(H2,15,18)(H,16,17). The molecule has 0 radical (unpaired) electrons. The first-order chi connectivity index (χ1) is 9.66. The van der Waals surface area contributed by atoms with Crippen LogP contribution in [0.15, 0.2) is 24.3 Å². The second-order valence-electron chi connectivity index (χ2n) is 4.61. The minimum absolute atomic E-state index is 0.0764. The summed E-state index contributed by atoms with van der Waals surface area (Å²) in [5, 5.41) is 2.61. The molecule has 0 saturated carbocycles. The van der Waals surface area contributed by atoms with Crippen molar-refractivity contribution in [3.8, 4) is 0 Å². The predicted octanol–water partition coefficient (Wildman–Crippen LogP) is 0.920. The Hall–Kier alpha value is -1.92. The number of hydrogen-bond acceptors (Lipinski definition) is 4. The number of hydrogen-bond donors (Lipinski definition) is 2. The van der Waals surface area contributed by atoms with Crippen LogP contribution in [0.1, 0.15) is 23.2 Å². The predicted molar refractivity (Wildman–Crippen MR) is 73.4 cm³/mol. The highest BCUT2D eigenvalue weighted by atomic mass is 16.5. The number of nitrogens with two attached hydrogens (primary N) is 1. The van der Waals surface area contributed by atoms with E-state index in [1.54, 1.807) is 24.3 Å². The molecule has 6 heteroatoms. The molecular formula is C14H18N2O4. The normalized spacial score (nSPS) is 17.9. The maximum atomic E-state index is 11.7. The summed E-state index contributed by atoms with van der Waals surface area (Å²) in [7, 11) is 0. The average Bonchev–Trinajstić information content (AvgIpc) is 2.92. The van der Waals surface area contributed by atoms with E-state index in [1.807, 2.05) is 0 Å². The van der Waals surface area contributed by atoms with Crippen LogP contribution >= 0.6 is 0 Å². The van der Waals surface area contributed by atoms with Crippen molar-refractivity contribution in [1.29, 1.82) is 0 Å². The Kier molecular flexibility index (Phi) is 5.09. The van der Waals surface area contributed by atoms with Gasteiger partial charge in [0.2, 0.25) is 5.91 Å². The minimum atomic E-state index is -0.582. The lowest BCUT2D eigenvalue weighted by Gasteiger charge is -2.11. The maximum Gasteiger partial charge on any atom is 0.250 e. The molecule has 0 aliphatic carbocycles. The highest BCUT2D eigenvalue weighted by Crippen LogP contribution is 2.14. The van der Waals surface area contributed by atoms with Gasteiger partial charge in [0.15, 0.2) is 0 Å². The molecule has 108 valence electrons. The number of para-hydroxylation sites is 1. The lowest BCUT2D eigenvalue weighted by molar-refractivity contribution is -0.121. The van der Waals surface area contributed by atoms with Gasteiger partial charge in [-0.2, -0.15) is 0 Å². The van der Waals surface area contributed by atoms with Crippen LogP contribution < -0.4 is 11.1 Å². The molecular weight excluding hydrogens is 260 g/mol. The van der Waals surface area contributed by atoms with Gasteiger partial charge in [0.05, 0.1) is 24.0 Å². The smallest absolute Gasteiger partial charge is 0.250 e. The van der Waals surface area contributed by atoms with Crippen LogP contribution in [0.4, 0.5) is 5.69 Å². The summed E-state index contributed by atoms with van der Waals surface area (Å²) >= 11 is 0. The third-order valence-electron chi connectivity index (χ3n) is 3.03. The molecule has 20 heavy (non-hydrogen) atoms. The molecule has 0 spiro atoms. The number of carbonyl (C=O) groups is 2. The molecule has 0 bridgehead atoms. The van der Waals surface area contributed by atoms with Crippen molar-refractivity contribution in [2.45, 2.75) is 18.9 Å². The fourth-order valence-corrected chi connectivity index (χ4v) is 2.05. The van der Waals surface area contributed by atoms with Crippen LogP contribution in [0.2, 0.25) is 0 Å². The van der Waals surface area contributed by atoms with Gasteiger partial charge < -0.3 is 20.5 Å². The molecule has 2 amide bonds. The molecule has 1 fully saturated rings. The van der Waals surface area contributed by atoms with Crippen molar-refractivity contribution < 1.29 is 19.1 Å². The Morgan fingerprint density at radius 1 is 1.40 bits per heavy atom. The van der Waals surface area contributed by atoms with E-state index < -0.39 is 5.91 Å². The monoisotopic (exact) mass is 278 g/mol. The first-order valence-electron chi connectivity index (χ1n) is 6.55. The molecule has 1 unspecified atom stereocenters. The number of carbonyl (C=O) groups excluding carboxylic acids is 2. The quantitative estimate of drug-likeness (QED) is 0.809. The van der Waals surface area contributed by atoms with Crippen LogP contribution in [0.3, 0.4) is 0 Å². The largest absolute Gasteiger partial charge is 0.376 e. The van der Waals surface area contributed by atoms with E-state index in [2.05, 4.69) is 5.32 Å². The van der Waals surface area contributed by atoms with Gasteiger partial charge in [-0.05, 0) is 25.0 Å².